The molecule has 0 saturated carbocycles. The molecule has 96 valence electrons. The van der Waals surface area contributed by atoms with Crippen LogP contribution in [0.5, 0.6) is 5.75 Å². The van der Waals surface area contributed by atoms with Crippen LogP contribution in [0.1, 0.15) is 11.8 Å². The van der Waals surface area contributed by atoms with Gasteiger partial charge in [0.05, 0.1) is 0 Å². The molecular formula is C15H19NOS. The van der Waals surface area contributed by atoms with Gasteiger partial charge in [-0.05, 0) is 30.1 Å². The van der Waals surface area contributed by atoms with Crippen LogP contribution >= 0.6 is 11.3 Å². The van der Waals surface area contributed by atoms with Gasteiger partial charge < -0.3 is 10.1 Å². The lowest BCUT2D eigenvalue weighted by atomic mass is 10.2. The van der Waals surface area contributed by atoms with E-state index in [4.69, 9.17) is 4.74 Å². The maximum absolute atomic E-state index is 5.81. The molecule has 0 fully saturated rings. The second-order valence-electron chi connectivity index (χ2n) is 4.16. The number of thiophene rings is 1. The van der Waals surface area contributed by atoms with Crippen molar-refractivity contribution in [2.75, 3.05) is 13.2 Å². The molecule has 2 rings (SSSR count). The fraction of sp³-hybridized carbons (Fsp3) is 0.333. The van der Waals surface area contributed by atoms with Crippen molar-refractivity contribution in [3.63, 3.8) is 0 Å². The smallest absolute Gasteiger partial charge is 0.119 e. The van der Waals surface area contributed by atoms with E-state index in [1.54, 1.807) is 11.3 Å². The molecule has 1 heterocycles. The van der Waals surface area contributed by atoms with Crippen LogP contribution in [0.4, 0.5) is 0 Å². The fourth-order valence-electron chi connectivity index (χ4n) is 1.86. The van der Waals surface area contributed by atoms with Gasteiger partial charge in [0.1, 0.15) is 12.4 Å². The lowest BCUT2D eigenvalue weighted by Crippen LogP contribution is -2.36. The molecule has 0 radical (unpaired) electrons. The van der Waals surface area contributed by atoms with Crippen molar-refractivity contribution >= 4 is 11.3 Å². The average Bonchev–Trinajstić information content (AvgIpc) is 2.90. The van der Waals surface area contributed by atoms with Gasteiger partial charge in [0.15, 0.2) is 0 Å². The van der Waals surface area contributed by atoms with Crippen LogP contribution in [-0.4, -0.2) is 19.2 Å². The van der Waals surface area contributed by atoms with Gasteiger partial charge in [-0.3, -0.25) is 0 Å². The highest BCUT2D eigenvalue weighted by atomic mass is 32.1. The van der Waals surface area contributed by atoms with E-state index < -0.39 is 0 Å². The highest BCUT2D eigenvalue weighted by Crippen LogP contribution is 2.13. The second-order valence-corrected chi connectivity index (χ2v) is 5.19. The molecule has 0 saturated heterocycles. The summed E-state index contributed by atoms with van der Waals surface area (Å²) in [5, 5.41) is 5.59. The molecule has 1 aromatic carbocycles. The van der Waals surface area contributed by atoms with Gasteiger partial charge in [-0.2, -0.15) is 0 Å². The van der Waals surface area contributed by atoms with Crippen LogP contribution in [-0.2, 0) is 6.42 Å². The summed E-state index contributed by atoms with van der Waals surface area (Å²) in [7, 11) is 0. The molecule has 2 aromatic rings. The number of para-hydroxylation sites is 1. The average molecular weight is 261 g/mol. The van der Waals surface area contributed by atoms with Crippen molar-refractivity contribution in [2.45, 2.75) is 19.4 Å². The van der Waals surface area contributed by atoms with Crippen LogP contribution in [0.15, 0.2) is 47.8 Å². The number of benzene rings is 1. The third kappa shape index (κ3) is 4.17. The van der Waals surface area contributed by atoms with E-state index in [0.29, 0.717) is 12.6 Å². The highest BCUT2D eigenvalue weighted by Gasteiger charge is 2.10. The van der Waals surface area contributed by atoms with Gasteiger partial charge >= 0.3 is 0 Å². The van der Waals surface area contributed by atoms with Crippen molar-refractivity contribution in [3.8, 4) is 5.75 Å². The Kier molecular flexibility index (Phi) is 5.24. The first-order valence-corrected chi connectivity index (χ1v) is 7.20. The molecule has 1 atom stereocenters. The Morgan fingerprint density at radius 2 is 2.00 bits per heavy atom. The number of hydrogen-bond acceptors (Lipinski definition) is 3. The van der Waals surface area contributed by atoms with E-state index >= 15 is 0 Å². The SMILES string of the molecule is CCNC(COc1ccccc1)Cc1cccs1. The molecule has 0 bridgehead atoms. The van der Waals surface area contributed by atoms with E-state index in [0.717, 1.165) is 18.7 Å². The summed E-state index contributed by atoms with van der Waals surface area (Å²) in [6, 6.07) is 14.6. The summed E-state index contributed by atoms with van der Waals surface area (Å²) in [6.45, 7) is 3.80. The first-order valence-electron chi connectivity index (χ1n) is 6.32. The fourth-order valence-corrected chi connectivity index (χ4v) is 2.65. The molecule has 1 unspecified atom stereocenters. The molecule has 1 N–H and O–H groups in total. The molecule has 18 heavy (non-hydrogen) atoms. The molecule has 0 spiro atoms. The third-order valence-corrected chi connectivity index (χ3v) is 3.61. The number of hydrogen-bond donors (Lipinski definition) is 1. The molecule has 1 aromatic heterocycles. The topological polar surface area (TPSA) is 21.3 Å². The van der Waals surface area contributed by atoms with Crippen molar-refractivity contribution in [2.24, 2.45) is 0 Å². The zero-order valence-electron chi connectivity index (χ0n) is 10.6. The van der Waals surface area contributed by atoms with Crippen LogP contribution < -0.4 is 10.1 Å². The molecule has 0 aliphatic carbocycles. The molecule has 0 aliphatic heterocycles. The monoisotopic (exact) mass is 261 g/mol. The maximum Gasteiger partial charge on any atom is 0.119 e. The Morgan fingerprint density at radius 3 is 2.67 bits per heavy atom. The normalized spacial score (nSPS) is 12.3. The zero-order chi connectivity index (χ0) is 12.6. The Labute approximate surface area is 113 Å². The summed E-state index contributed by atoms with van der Waals surface area (Å²) in [5.41, 5.74) is 0. The van der Waals surface area contributed by atoms with Gasteiger partial charge in [0.2, 0.25) is 0 Å². The first-order chi connectivity index (χ1) is 8.88. The van der Waals surface area contributed by atoms with E-state index in [1.165, 1.54) is 4.88 Å². The number of ether oxygens (including phenoxy) is 1. The maximum atomic E-state index is 5.81. The first kappa shape index (κ1) is 13.1. The van der Waals surface area contributed by atoms with Crippen LogP contribution in [0.2, 0.25) is 0 Å². The quantitative estimate of drug-likeness (QED) is 0.825. The second kappa shape index (κ2) is 7.19. The predicted octanol–water partition coefficient (Wildman–Crippen LogP) is 3.35. The zero-order valence-corrected chi connectivity index (χ0v) is 11.5. The van der Waals surface area contributed by atoms with E-state index in [1.807, 2.05) is 30.3 Å². The lowest BCUT2D eigenvalue weighted by molar-refractivity contribution is 0.265. The minimum absolute atomic E-state index is 0.369. The Hall–Kier alpha value is -1.32. The van der Waals surface area contributed by atoms with Crippen LogP contribution in [0.25, 0.3) is 0 Å². The van der Waals surface area contributed by atoms with Crippen LogP contribution in [0.3, 0.4) is 0 Å². The molecule has 2 nitrogen and oxygen atoms in total. The lowest BCUT2D eigenvalue weighted by Gasteiger charge is -2.17. The summed E-state index contributed by atoms with van der Waals surface area (Å²) in [4.78, 5) is 1.40. The third-order valence-electron chi connectivity index (χ3n) is 2.71. The summed E-state index contributed by atoms with van der Waals surface area (Å²) in [5.74, 6) is 0.937. The van der Waals surface area contributed by atoms with Crippen LogP contribution in [0, 0.1) is 0 Å². The Balaban J connectivity index is 1.86. The van der Waals surface area contributed by atoms with Gasteiger partial charge in [-0.1, -0.05) is 31.2 Å². The van der Waals surface area contributed by atoms with Crippen molar-refractivity contribution in [1.29, 1.82) is 0 Å². The van der Waals surface area contributed by atoms with E-state index in [2.05, 4.69) is 29.8 Å². The Bertz CT molecular complexity index is 427. The van der Waals surface area contributed by atoms with E-state index in [9.17, 15) is 0 Å². The minimum Gasteiger partial charge on any atom is -0.492 e. The van der Waals surface area contributed by atoms with E-state index in [-0.39, 0.29) is 0 Å². The van der Waals surface area contributed by atoms with Gasteiger partial charge in [0.25, 0.3) is 0 Å². The van der Waals surface area contributed by atoms with Crippen molar-refractivity contribution < 1.29 is 4.74 Å². The largest absolute Gasteiger partial charge is 0.492 e. The molecule has 0 amide bonds. The van der Waals surface area contributed by atoms with Crippen molar-refractivity contribution in [3.05, 3.63) is 52.7 Å². The highest BCUT2D eigenvalue weighted by molar-refractivity contribution is 7.09. The van der Waals surface area contributed by atoms with Gasteiger partial charge in [0, 0.05) is 17.3 Å². The molecular weight excluding hydrogens is 242 g/mol. The van der Waals surface area contributed by atoms with Gasteiger partial charge in [-0.15, -0.1) is 11.3 Å². The molecule has 0 aliphatic rings. The number of likely N-dealkylation sites (N-methyl/N-ethyl adjacent to an activating group) is 1. The summed E-state index contributed by atoms with van der Waals surface area (Å²) < 4.78 is 5.81. The molecule has 3 heteroatoms. The summed E-state index contributed by atoms with van der Waals surface area (Å²) in [6.07, 6.45) is 1.03. The van der Waals surface area contributed by atoms with Crippen molar-refractivity contribution in [1.82, 2.24) is 5.32 Å². The van der Waals surface area contributed by atoms with Gasteiger partial charge in [-0.25, -0.2) is 0 Å². The number of nitrogens with one attached hydrogen (secondary N) is 1. The summed E-state index contributed by atoms with van der Waals surface area (Å²) >= 11 is 1.80. The standard InChI is InChI=1S/C15H19NOS/c1-2-16-13(11-15-9-6-10-18-15)12-17-14-7-4-3-5-8-14/h3-10,13,16H,2,11-12H2,1H3. The predicted molar refractivity (Wildman–Crippen MR) is 77.4 cm³/mol. The number of rotatable bonds is 7. The minimum atomic E-state index is 0.369. The Morgan fingerprint density at radius 1 is 1.17 bits per heavy atom.